The number of hydrogen-bond donors (Lipinski definition) is 1. The fourth-order valence-corrected chi connectivity index (χ4v) is 2.48. The van der Waals surface area contributed by atoms with Crippen molar-refractivity contribution >= 4 is 15.9 Å². The Hall–Kier alpha value is 0.400. The molecule has 84 valence electrons. The molecule has 1 heterocycles. The van der Waals surface area contributed by atoms with Gasteiger partial charge in [0.2, 0.25) is 0 Å². The average molecular weight is 264 g/mol. The maximum absolute atomic E-state index is 9.61. The first-order chi connectivity index (χ1) is 6.77. The van der Waals surface area contributed by atoms with E-state index in [1.165, 1.54) is 38.6 Å². The van der Waals surface area contributed by atoms with Gasteiger partial charge in [-0.1, -0.05) is 35.7 Å². The van der Waals surface area contributed by atoms with Gasteiger partial charge in [-0.25, -0.2) is 0 Å². The van der Waals surface area contributed by atoms with E-state index in [0.29, 0.717) is 5.33 Å². The molecule has 3 heteroatoms. The van der Waals surface area contributed by atoms with Crippen LogP contribution in [-0.4, -0.2) is 40.6 Å². The van der Waals surface area contributed by atoms with Gasteiger partial charge in [0, 0.05) is 17.9 Å². The minimum atomic E-state index is -0.201. The van der Waals surface area contributed by atoms with Crippen molar-refractivity contribution in [2.45, 2.75) is 51.2 Å². The van der Waals surface area contributed by atoms with Crippen LogP contribution in [0.3, 0.4) is 0 Å². The van der Waals surface area contributed by atoms with Crippen LogP contribution in [0, 0.1) is 0 Å². The summed E-state index contributed by atoms with van der Waals surface area (Å²) in [4.78, 5) is 2.47. The molecule has 0 saturated carbocycles. The Morgan fingerprint density at radius 2 is 2.29 bits per heavy atom. The number of hydrogen-bond acceptors (Lipinski definition) is 2. The third-order valence-electron chi connectivity index (χ3n) is 2.99. The number of aliphatic hydroxyl groups excluding tert-OH is 1. The van der Waals surface area contributed by atoms with Crippen molar-refractivity contribution in [2.75, 3.05) is 18.4 Å². The van der Waals surface area contributed by atoms with E-state index in [-0.39, 0.29) is 6.10 Å². The molecule has 14 heavy (non-hydrogen) atoms. The average Bonchev–Trinajstić information content (AvgIpc) is 2.21. The van der Waals surface area contributed by atoms with E-state index in [9.17, 15) is 5.11 Å². The predicted molar refractivity (Wildman–Crippen MR) is 63.9 cm³/mol. The van der Waals surface area contributed by atoms with Gasteiger partial charge in [-0.2, -0.15) is 0 Å². The zero-order chi connectivity index (χ0) is 10.4. The number of β-amino-alcohol motifs (C(OH)–C–C–N with tert-alkyl or cyclic N) is 1. The molecule has 1 N–H and O–H groups in total. The molecule has 0 aromatic carbocycles. The molecule has 0 spiro atoms. The molecule has 0 aliphatic carbocycles. The minimum absolute atomic E-state index is 0.201. The highest BCUT2D eigenvalue weighted by molar-refractivity contribution is 9.09. The first kappa shape index (κ1) is 12.5. The second kappa shape index (κ2) is 6.81. The monoisotopic (exact) mass is 263 g/mol. The first-order valence-corrected chi connectivity index (χ1v) is 6.88. The predicted octanol–water partition coefficient (Wildman–Crippen LogP) is 2.40. The lowest BCUT2D eigenvalue weighted by molar-refractivity contribution is 0.0752. The summed E-state index contributed by atoms with van der Waals surface area (Å²) in [7, 11) is 0. The SMILES string of the molecule is CCCC1CCCCN1CC(O)CBr. The number of rotatable bonds is 5. The van der Waals surface area contributed by atoms with Crippen LogP contribution in [0.5, 0.6) is 0 Å². The van der Waals surface area contributed by atoms with Gasteiger partial charge < -0.3 is 5.11 Å². The molecule has 1 aliphatic heterocycles. The molecule has 0 aromatic rings. The van der Waals surface area contributed by atoms with E-state index in [4.69, 9.17) is 0 Å². The summed E-state index contributed by atoms with van der Waals surface area (Å²) in [6.07, 6.45) is 6.33. The Bertz CT molecular complexity index is 152. The molecule has 2 unspecified atom stereocenters. The molecule has 2 nitrogen and oxygen atoms in total. The van der Waals surface area contributed by atoms with Crippen molar-refractivity contribution in [3.05, 3.63) is 0 Å². The van der Waals surface area contributed by atoms with Crippen molar-refractivity contribution < 1.29 is 5.11 Å². The normalized spacial score (nSPS) is 26.4. The lowest BCUT2D eigenvalue weighted by Crippen LogP contribution is -2.44. The summed E-state index contributed by atoms with van der Waals surface area (Å²) in [5.41, 5.74) is 0. The highest BCUT2D eigenvalue weighted by atomic mass is 79.9. The van der Waals surface area contributed by atoms with Crippen molar-refractivity contribution in [3.63, 3.8) is 0 Å². The topological polar surface area (TPSA) is 23.5 Å². The molecule has 1 rings (SSSR count). The van der Waals surface area contributed by atoms with Crippen molar-refractivity contribution in [2.24, 2.45) is 0 Å². The van der Waals surface area contributed by atoms with Crippen LogP contribution in [0.15, 0.2) is 0 Å². The first-order valence-electron chi connectivity index (χ1n) is 5.76. The molecule has 0 bridgehead atoms. The second-order valence-corrected chi connectivity index (χ2v) is 4.89. The van der Waals surface area contributed by atoms with Gasteiger partial charge in [0.25, 0.3) is 0 Å². The van der Waals surface area contributed by atoms with Crippen molar-refractivity contribution in [1.82, 2.24) is 4.90 Å². The summed E-state index contributed by atoms with van der Waals surface area (Å²) < 4.78 is 0. The molecular weight excluding hydrogens is 242 g/mol. The molecule has 0 amide bonds. The van der Waals surface area contributed by atoms with Gasteiger partial charge in [-0.15, -0.1) is 0 Å². The van der Waals surface area contributed by atoms with E-state index in [0.717, 1.165) is 12.6 Å². The molecule has 0 aromatic heterocycles. The number of aliphatic hydroxyl groups is 1. The Labute approximate surface area is 95.8 Å². The summed E-state index contributed by atoms with van der Waals surface area (Å²) in [5.74, 6) is 0. The van der Waals surface area contributed by atoms with Crippen molar-refractivity contribution in [3.8, 4) is 0 Å². The standard InChI is InChI=1S/C11H22BrNO/c1-2-5-10-6-3-4-7-13(10)9-11(14)8-12/h10-11,14H,2-9H2,1H3. The molecule has 1 aliphatic rings. The highest BCUT2D eigenvalue weighted by Gasteiger charge is 2.22. The number of piperidine rings is 1. The molecule has 0 radical (unpaired) electrons. The Kier molecular flexibility index (Phi) is 6.06. The van der Waals surface area contributed by atoms with Gasteiger partial charge >= 0.3 is 0 Å². The van der Waals surface area contributed by atoms with Crippen LogP contribution in [0.1, 0.15) is 39.0 Å². The van der Waals surface area contributed by atoms with Crippen LogP contribution in [0.2, 0.25) is 0 Å². The van der Waals surface area contributed by atoms with E-state index in [1.807, 2.05) is 0 Å². The fourth-order valence-electron chi connectivity index (χ4n) is 2.28. The van der Waals surface area contributed by atoms with E-state index in [1.54, 1.807) is 0 Å². The minimum Gasteiger partial charge on any atom is -0.391 e. The van der Waals surface area contributed by atoms with Gasteiger partial charge in [0.1, 0.15) is 0 Å². The summed E-state index contributed by atoms with van der Waals surface area (Å²) >= 11 is 3.32. The van der Waals surface area contributed by atoms with E-state index >= 15 is 0 Å². The zero-order valence-electron chi connectivity index (χ0n) is 9.08. The fraction of sp³-hybridized carbons (Fsp3) is 1.00. The van der Waals surface area contributed by atoms with Crippen LogP contribution >= 0.6 is 15.9 Å². The van der Waals surface area contributed by atoms with Crippen LogP contribution in [0.25, 0.3) is 0 Å². The maximum atomic E-state index is 9.61. The lowest BCUT2D eigenvalue weighted by atomic mass is 9.98. The molecule has 1 saturated heterocycles. The Morgan fingerprint density at radius 1 is 1.50 bits per heavy atom. The van der Waals surface area contributed by atoms with Crippen LogP contribution in [-0.2, 0) is 0 Å². The van der Waals surface area contributed by atoms with Gasteiger partial charge in [-0.3, -0.25) is 4.90 Å². The van der Waals surface area contributed by atoms with Crippen LogP contribution in [0.4, 0.5) is 0 Å². The Morgan fingerprint density at radius 3 is 2.93 bits per heavy atom. The molecular formula is C11H22BrNO. The summed E-state index contributed by atoms with van der Waals surface area (Å²) in [6, 6.07) is 0.724. The number of nitrogens with zero attached hydrogens (tertiary/aromatic N) is 1. The van der Waals surface area contributed by atoms with E-state index < -0.39 is 0 Å². The number of alkyl halides is 1. The molecule has 1 fully saturated rings. The number of halogens is 1. The molecule has 2 atom stereocenters. The van der Waals surface area contributed by atoms with Crippen LogP contribution < -0.4 is 0 Å². The third kappa shape index (κ3) is 3.87. The zero-order valence-corrected chi connectivity index (χ0v) is 10.7. The van der Waals surface area contributed by atoms with Crippen molar-refractivity contribution in [1.29, 1.82) is 0 Å². The smallest absolute Gasteiger partial charge is 0.0763 e. The third-order valence-corrected chi connectivity index (χ3v) is 3.74. The maximum Gasteiger partial charge on any atom is 0.0763 e. The largest absolute Gasteiger partial charge is 0.391 e. The lowest BCUT2D eigenvalue weighted by Gasteiger charge is -2.36. The quantitative estimate of drug-likeness (QED) is 0.771. The van der Waals surface area contributed by atoms with Gasteiger partial charge in [-0.05, 0) is 25.8 Å². The summed E-state index contributed by atoms with van der Waals surface area (Å²) in [5, 5.41) is 10.3. The van der Waals surface area contributed by atoms with Gasteiger partial charge in [0.05, 0.1) is 6.10 Å². The highest BCUT2D eigenvalue weighted by Crippen LogP contribution is 2.20. The summed E-state index contributed by atoms with van der Waals surface area (Å²) in [6.45, 7) is 4.26. The Balaban J connectivity index is 2.37. The second-order valence-electron chi connectivity index (χ2n) is 4.24. The van der Waals surface area contributed by atoms with Gasteiger partial charge in [0.15, 0.2) is 0 Å². The number of likely N-dealkylation sites (tertiary alicyclic amines) is 1. The van der Waals surface area contributed by atoms with E-state index in [2.05, 4.69) is 27.8 Å².